The lowest BCUT2D eigenvalue weighted by Gasteiger charge is -2.09. The molecule has 126 valence electrons. The fourth-order valence-electron chi connectivity index (χ4n) is 2.23. The van der Waals surface area contributed by atoms with Crippen molar-refractivity contribution < 1.29 is 22.7 Å². The molecule has 3 N–H and O–H groups in total. The molecule has 3 nitrogen and oxygen atoms in total. The summed E-state index contributed by atoms with van der Waals surface area (Å²) in [5.74, 6) is 0.882. The van der Waals surface area contributed by atoms with Gasteiger partial charge in [-0.25, -0.2) is 0 Å². The van der Waals surface area contributed by atoms with E-state index in [1.165, 1.54) is 12.1 Å². The van der Waals surface area contributed by atoms with E-state index in [0.29, 0.717) is 0 Å². The summed E-state index contributed by atoms with van der Waals surface area (Å²) in [5.41, 5.74) is 5.27. The summed E-state index contributed by atoms with van der Waals surface area (Å²) < 4.78 is 43.9. The molecule has 0 spiro atoms. The molecule has 0 aliphatic heterocycles. The molecule has 1 aromatic carbocycles. The Hall–Kier alpha value is -1.76. The minimum atomic E-state index is -4.46. The van der Waals surface area contributed by atoms with Gasteiger partial charge in [-0.3, -0.25) is 0 Å². The van der Waals surface area contributed by atoms with Crippen molar-refractivity contribution in [2.75, 3.05) is 11.5 Å². The number of nitrogen functional groups attached to an aromatic ring is 1. The van der Waals surface area contributed by atoms with E-state index >= 15 is 0 Å². The highest BCUT2D eigenvalue weighted by Gasteiger charge is 2.31. The van der Waals surface area contributed by atoms with Crippen molar-refractivity contribution in [3.63, 3.8) is 0 Å². The Bertz CT molecular complexity index is 682. The van der Waals surface area contributed by atoms with Gasteiger partial charge in [-0.2, -0.15) is 24.9 Å². The summed E-state index contributed by atoms with van der Waals surface area (Å²) in [6.45, 7) is 3.89. The second-order valence-electron chi connectivity index (χ2n) is 5.15. The Balaban J connectivity index is 2.43. The van der Waals surface area contributed by atoms with Crippen molar-refractivity contribution in [1.82, 2.24) is 0 Å². The first-order chi connectivity index (χ1) is 10.8. The smallest absolute Gasteiger partial charge is 0.416 e. The highest BCUT2D eigenvalue weighted by Crippen LogP contribution is 2.46. The maximum absolute atomic E-state index is 12.8. The SMILES string of the molecule is CCCSC(C)c1oc(N)c(-c2cccc(C(F)(F)F)c2)c1O. The largest absolute Gasteiger partial charge is 0.504 e. The third kappa shape index (κ3) is 3.77. The fraction of sp³-hybridized carbons (Fsp3) is 0.375. The molecular formula is C16H18F3NO2S. The Morgan fingerprint density at radius 2 is 2.04 bits per heavy atom. The van der Waals surface area contributed by atoms with Gasteiger partial charge in [-0.15, -0.1) is 0 Å². The van der Waals surface area contributed by atoms with Crippen molar-refractivity contribution >= 4 is 17.6 Å². The van der Waals surface area contributed by atoms with Crippen molar-refractivity contribution in [2.24, 2.45) is 0 Å². The zero-order chi connectivity index (χ0) is 17.2. The molecule has 1 atom stereocenters. The van der Waals surface area contributed by atoms with Crippen molar-refractivity contribution in [3.8, 4) is 16.9 Å². The molecule has 2 aromatic rings. The van der Waals surface area contributed by atoms with E-state index in [-0.39, 0.29) is 33.8 Å². The number of benzene rings is 1. The van der Waals surface area contributed by atoms with Gasteiger partial charge in [-0.1, -0.05) is 19.1 Å². The number of thioether (sulfide) groups is 1. The Kier molecular flexibility index (Phi) is 5.19. The minimum absolute atomic E-state index is 0.0826. The number of hydrogen-bond acceptors (Lipinski definition) is 4. The molecule has 0 saturated carbocycles. The second-order valence-corrected chi connectivity index (χ2v) is 6.59. The van der Waals surface area contributed by atoms with Crippen LogP contribution >= 0.6 is 11.8 Å². The zero-order valence-corrected chi connectivity index (χ0v) is 13.6. The van der Waals surface area contributed by atoms with Crippen molar-refractivity contribution in [2.45, 2.75) is 31.7 Å². The van der Waals surface area contributed by atoms with Gasteiger partial charge in [0.2, 0.25) is 5.88 Å². The summed E-state index contributed by atoms with van der Waals surface area (Å²) in [6, 6.07) is 4.66. The molecule has 0 amide bonds. The van der Waals surface area contributed by atoms with Gasteiger partial charge in [0.25, 0.3) is 0 Å². The van der Waals surface area contributed by atoms with E-state index in [2.05, 4.69) is 0 Å². The number of rotatable bonds is 5. The quantitative estimate of drug-likeness (QED) is 0.756. The van der Waals surface area contributed by atoms with Crippen molar-refractivity contribution in [3.05, 3.63) is 35.6 Å². The summed E-state index contributed by atoms with van der Waals surface area (Å²) in [6.07, 6.45) is -3.50. The van der Waals surface area contributed by atoms with Crippen LogP contribution in [0.5, 0.6) is 5.75 Å². The summed E-state index contributed by atoms with van der Waals surface area (Å²) in [4.78, 5) is 0. The molecule has 0 aliphatic carbocycles. The van der Waals surface area contributed by atoms with Crippen LogP contribution in [0.4, 0.5) is 19.1 Å². The predicted molar refractivity (Wildman–Crippen MR) is 86.4 cm³/mol. The molecular weight excluding hydrogens is 327 g/mol. The van der Waals surface area contributed by atoms with Gasteiger partial charge in [0, 0.05) is 0 Å². The Morgan fingerprint density at radius 1 is 1.35 bits per heavy atom. The van der Waals surface area contributed by atoms with Crippen LogP contribution in [0.15, 0.2) is 28.7 Å². The second kappa shape index (κ2) is 6.78. The molecule has 0 fully saturated rings. The van der Waals surface area contributed by atoms with Crippen LogP contribution in [-0.2, 0) is 6.18 Å². The number of halogens is 3. The molecule has 7 heteroatoms. The number of alkyl halides is 3. The van der Waals surface area contributed by atoms with Gasteiger partial charge < -0.3 is 15.3 Å². The molecule has 0 bridgehead atoms. The molecule has 0 aliphatic rings. The first-order valence-electron chi connectivity index (χ1n) is 7.16. The molecule has 0 radical (unpaired) electrons. The van der Waals surface area contributed by atoms with Gasteiger partial charge in [0.15, 0.2) is 11.5 Å². The van der Waals surface area contributed by atoms with Gasteiger partial charge in [-0.05, 0) is 36.8 Å². The van der Waals surface area contributed by atoms with Crippen molar-refractivity contribution in [1.29, 1.82) is 0 Å². The van der Waals surface area contributed by atoms with E-state index in [4.69, 9.17) is 10.2 Å². The van der Waals surface area contributed by atoms with Gasteiger partial charge in [0.05, 0.1) is 16.4 Å². The topological polar surface area (TPSA) is 59.4 Å². The lowest BCUT2D eigenvalue weighted by atomic mass is 10.0. The number of hydrogen-bond donors (Lipinski definition) is 2. The monoisotopic (exact) mass is 345 g/mol. The van der Waals surface area contributed by atoms with E-state index in [0.717, 1.165) is 24.3 Å². The van der Waals surface area contributed by atoms with E-state index in [1.54, 1.807) is 11.8 Å². The van der Waals surface area contributed by atoms with Crippen LogP contribution in [0, 0.1) is 0 Å². The normalized spacial score (nSPS) is 13.3. The molecule has 1 heterocycles. The van der Waals surface area contributed by atoms with E-state index in [1.807, 2.05) is 13.8 Å². The molecule has 2 rings (SSSR count). The average molecular weight is 345 g/mol. The summed E-state index contributed by atoms with van der Waals surface area (Å²) in [7, 11) is 0. The Morgan fingerprint density at radius 3 is 2.65 bits per heavy atom. The standard InChI is InChI=1S/C16H18F3NO2S/c1-3-7-23-9(2)14-13(21)12(15(20)22-14)10-5-4-6-11(8-10)16(17,18)19/h4-6,8-9,21H,3,7,20H2,1-2H3. The first kappa shape index (κ1) is 17.6. The van der Waals surface area contributed by atoms with E-state index < -0.39 is 11.7 Å². The summed E-state index contributed by atoms with van der Waals surface area (Å²) >= 11 is 1.58. The van der Waals surface area contributed by atoms with Crippen LogP contribution in [0.3, 0.4) is 0 Å². The van der Waals surface area contributed by atoms with Gasteiger partial charge >= 0.3 is 6.18 Å². The zero-order valence-electron chi connectivity index (χ0n) is 12.8. The van der Waals surface area contributed by atoms with Crippen LogP contribution in [0.2, 0.25) is 0 Å². The first-order valence-corrected chi connectivity index (χ1v) is 8.21. The van der Waals surface area contributed by atoms with Crippen LogP contribution in [0.1, 0.15) is 36.8 Å². The fourth-order valence-corrected chi connectivity index (χ4v) is 3.13. The minimum Gasteiger partial charge on any atom is -0.504 e. The summed E-state index contributed by atoms with van der Waals surface area (Å²) in [5, 5.41) is 10.2. The average Bonchev–Trinajstić information content (AvgIpc) is 2.79. The number of aromatic hydroxyl groups is 1. The number of furan rings is 1. The maximum Gasteiger partial charge on any atom is 0.416 e. The van der Waals surface area contributed by atoms with Crippen LogP contribution < -0.4 is 5.73 Å². The lowest BCUT2D eigenvalue weighted by molar-refractivity contribution is -0.137. The lowest BCUT2D eigenvalue weighted by Crippen LogP contribution is -2.04. The number of nitrogens with two attached hydrogens (primary N) is 1. The van der Waals surface area contributed by atoms with Gasteiger partial charge in [0.1, 0.15) is 0 Å². The maximum atomic E-state index is 12.8. The molecule has 1 aromatic heterocycles. The van der Waals surface area contributed by atoms with E-state index in [9.17, 15) is 18.3 Å². The molecule has 0 saturated heterocycles. The molecule has 1 unspecified atom stereocenters. The highest BCUT2D eigenvalue weighted by atomic mass is 32.2. The number of anilines is 1. The Labute approximate surface area is 136 Å². The third-order valence-corrected chi connectivity index (χ3v) is 4.71. The third-order valence-electron chi connectivity index (χ3n) is 3.36. The van der Waals surface area contributed by atoms with Crippen LogP contribution in [-0.4, -0.2) is 10.9 Å². The molecule has 23 heavy (non-hydrogen) atoms. The van der Waals surface area contributed by atoms with Crippen LogP contribution in [0.25, 0.3) is 11.1 Å². The predicted octanol–water partition coefficient (Wildman–Crippen LogP) is 5.46. The highest BCUT2D eigenvalue weighted by molar-refractivity contribution is 7.99.